The number of carboxylic acids is 1. The normalized spacial score (nSPS) is 16.2. The molecule has 0 saturated heterocycles. The Morgan fingerprint density at radius 3 is 2.60 bits per heavy atom. The largest absolute Gasteiger partial charge is 0.480 e. The lowest BCUT2D eigenvalue weighted by molar-refractivity contribution is -0.138. The summed E-state index contributed by atoms with van der Waals surface area (Å²) in [5.41, 5.74) is 0. The van der Waals surface area contributed by atoms with E-state index < -0.39 is 23.1 Å². The van der Waals surface area contributed by atoms with E-state index in [0.717, 1.165) is 0 Å². The first-order valence-electron chi connectivity index (χ1n) is 2.57. The summed E-state index contributed by atoms with van der Waals surface area (Å²) in [4.78, 5) is 10.1. The number of rotatable bonds is 4. The van der Waals surface area contributed by atoms with Crippen molar-refractivity contribution in [3.05, 3.63) is 0 Å². The Labute approximate surface area is 60.7 Å². The van der Waals surface area contributed by atoms with Crippen LogP contribution in [0.2, 0.25) is 0 Å². The molecule has 3 N–H and O–H groups in total. The van der Waals surface area contributed by atoms with Crippen molar-refractivity contribution in [1.29, 1.82) is 0 Å². The molecule has 0 saturated carbocycles. The van der Waals surface area contributed by atoms with Crippen LogP contribution in [0.4, 0.5) is 0 Å². The lowest BCUT2D eigenvalue weighted by Crippen LogP contribution is -2.35. The Kier molecular flexibility index (Phi) is 4.17. The molecule has 0 aliphatic carbocycles. The highest BCUT2D eigenvalue weighted by Crippen LogP contribution is 1.80. The van der Waals surface area contributed by atoms with Crippen molar-refractivity contribution in [2.24, 2.45) is 0 Å². The number of hydrogen-bond acceptors (Lipinski definition) is 3. The second-order valence-corrected chi connectivity index (χ2v) is 2.66. The highest BCUT2D eigenvalue weighted by atomic mass is 32.2. The Morgan fingerprint density at radius 2 is 2.30 bits per heavy atom. The van der Waals surface area contributed by atoms with Crippen molar-refractivity contribution in [2.45, 2.75) is 13.0 Å². The van der Waals surface area contributed by atoms with Gasteiger partial charge in [-0.05, 0) is 6.92 Å². The molecule has 0 bridgehead atoms. The van der Waals surface area contributed by atoms with Crippen LogP contribution in [0, 0.1) is 0 Å². The van der Waals surface area contributed by atoms with Crippen molar-refractivity contribution >= 4 is 17.0 Å². The summed E-state index contributed by atoms with van der Waals surface area (Å²) in [7, 11) is 0. The van der Waals surface area contributed by atoms with Gasteiger partial charge in [-0.25, -0.2) is 4.21 Å². The zero-order chi connectivity index (χ0) is 8.15. The molecule has 0 heterocycles. The summed E-state index contributed by atoms with van der Waals surface area (Å²) in [6, 6.07) is -0.781. The van der Waals surface area contributed by atoms with Crippen LogP contribution < -0.4 is 5.32 Å². The average molecular weight is 167 g/mol. The molecule has 6 heteroatoms. The van der Waals surface area contributed by atoms with Gasteiger partial charge in [0.25, 0.3) is 0 Å². The van der Waals surface area contributed by atoms with Crippen molar-refractivity contribution in [1.82, 2.24) is 5.32 Å². The van der Waals surface area contributed by atoms with Crippen LogP contribution in [0.25, 0.3) is 0 Å². The van der Waals surface area contributed by atoms with E-state index in [1.54, 1.807) is 0 Å². The third-order valence-corrected chi connectivity index (χ3v) is 1.30. The maximum Gasteiger partial charge on any atom is 0.320 e. The van der Waals surface area contributed by atoms with E-state index in [-0.39, 0.29) is 5.88 Å². The van der Waals surface area contributed by atoms with E-state index in [4.69, 9.17) is 9.66 Å². The number of nitrogens with one attached hydrogen (secondary N) is 1. The van der Waals surface area contributed by atoms with Gasteiger partial charge in [-0.3, -0.25) is 10.1 Å². The summed E-state index contributed by atoms with van der Waals surface area (Å²) >= 11 is -1.98. The number of carboxylic acid groups (broad SMARTS) is 1. The van der Waals surface area contributed by atoms with Crippen molar-refractivity contribution in [3.8, 4) is 0 Å². The maximum atomic E-state index is 10.1. The number of carbonyl (C=O) groups is 1. The van der Waals surface area contributed by atoms with Gasteiger partial charge in [0.1, 0.15) is 6.04 Å². The predicted molar refractivity (Wildman–Crippen MR) is 35.9 cm³/mol. The molecular formula is C4H9NO4S. The third-order valence-electron chi connectivity index (χ3n) is 0.883. The monoisotopic (exact) mass is 167 g/mol. The fraction of sp³-hybridized carbons (Fsp3) is 0.750. The van der Waals surface area contributed by atoms with Crippen LogP contribution in [-0.2, 0) is 15.9 Å². The summed E-state index contributed by atoms with van der Waals surface area (Å²) in [6.07, 6.45) is 0. The van der Waals surface area contributed by atoms with E-state index in [1.165, 1.54) is 6.92 Å². The Morgan fingerprint density at radius 1 is 1.80 bits per heavy atom. The first kappa shape index (κ1) is 9.54. The Balaban J connectivity index is 3.49. The minimum absolute atomic E-state index is 0.215. The Bertz CT molecular complexity index is 148. The molecule has 0 aromatic rings. The number of hydrogen-bond donors (Lipinski definition) is 3. The molecule has 0 amide bonds. The molecule has 0 fully saturated rings. The molecule has 0 aromatic heterocycles. The average Bonchev–Trinajstić information content (AvgIpc) is 1.82. The van der Waals surface area contributed by atoms with Gasteiger partial charge in [-0.1, -0.05) is 0 Å². The quantitative estimate of drug-likeness (QED) is 0.478. The molecule has 10 heavy (non-hydrogen) atoms. The van der Waals surface area contributed by atoms with Crippen LogP contribution >= 0.6 is 0 Å². The summed E-state index contributed by atoms with van der Waals surface area (Å²) in [5, 5.41) is 10.6. The molecule has 0 aliphatic rings. The molecule has 1 unspecified atom stereocenters. The smallest absolute Gasteiger partial charge is 0.320 e. The second kappa shape index (κ2) is 4.37. The van der Waals surface area contributed by atoms with Gasteiger partial charge in [0, 0.05) is 0 Å². The van der Waals surface area contributed by atoms with Gasteiger partial charge in [-0.15, -0.1) is 0 Å². The molecule has 60 valence electrons. The molecular weight excluding hydrogens is 158 g/mol. The van der Waals surface area contributed by atoms with E-state index in [2.05, 4.69) is 5.32 Å². The van der Waals surface area contributed by atoms with Crippen LogP contribution in [-0.4, -0.2) is 31.8 Å². The summed E-state index contributed by atoms with van der Waals surface area (Å²) in [6.45, 7) is 1.40. The first-order valence-corrected chi connectivity index (χ1v) is 3.85. The zero-order valence-corrected chi connectivity index (χ0v) is 6.22. The van der Waals surface area contributed by atoms with Crippen molar-refractivity contribution < 1.29 is 18.7 Å². The van der Waals surface area contributed by atoms with Gasteiger partial charge >= 0.3 is 5.97 Å². The van der Waals surface area contributed by atoms with Gasteiger partial charge in [0.15, 0.2) is 11.1 Å². The number of aliphatic carboxylic acids is 1. The van der Waals surface area contributed by atoms with Crippen LogP contribution in [0.3, 0.4) is 0 Å². The highest BCUT2D eigenvalue weighted by Gasteiger charge is 2.09. The summed E-state index contributed by atoms with van der Waals surface area (Å²) in [5.74, 6) is -1.25. The fourth-order valence-corrected chi connectivity index (χ4v) is 0.676. The van der Waals surface area contributed by atoms with Crippen molar-refractivity contribution in [3.63, 3.8) is 0 Å². The minimum Gasteiger partial charge on any atom is -0.480 e. The maximum absolute atomic E-state index is 10.1. The molecule has 0 aliphatic heterocycles. The molecule has 0 rings (SSSR count). The second-order valence-electron chi connectivity index (χ2n) is 1.73. The van der Waals surface area contributed by atoms with Crippen LogP contribution in [0.5, 0.6) is 0 Å². The lowest BCUT2D eigenvalue weighted by Gasteiger charge is -2.04. The van der Waals surface area contributed by atoms with Crippen LogP contribution in [0.1, 0.15) is 6.92 Å². The van der Waals surface area contributed by atoms with E-state index in [1.807, 2.05) is 0 Å². The molecule has 0 spiro atoms. The molecule has 2 atom stereocenters. The molecule has 0 radical (unpaired) electrons. The highest BCUT2D eigenvalue weighted by molar-refractivity contribution is 7.79. The third kappa shape index (κ3) is 4.42. The predicted octanol–water partition coefficient (Wildman–Crippen LogP) is -0.772. The van der Waals surface area contributed by atoms with E-state index >= 15 is 0 Å². The fourth-order valence-electron chi connectivity index (χ4n) is 0.284. The van der Waals surface area contributed by atoms with Gasteiger partial charge in [0.05, 0.1) is 5.88 Å². The topological polar surface area (TPSA) is 86.6 Å². The summed E-state index contributed by atoms with van der Waals surface area (Å²) < 4.78 is 18.2. The first-order chi connectivity index (χ1) is 4.54. The zero-order valence-electron chi connectivity index (χ0n) is 5.40. The molecule has 0 aromatic carbocycles. The Hall–Kier alpha value is -0.460. The van der Waals surface area contributed by atoms with Gasteiger partial charge in [-0.2, -0.15) is 0 Å². The van der Waals surface area contributed by atoms with Crippen molar-refractivity contribution in [2.75, 3.05) is 5.88 Å². The SMILES string of the molecule is C[C@H](NCS(=O)O)C(=O)O. The van der Waals surface area contributed by atoms with Crippen LogP contribution in [0.15, 0.2) is 0 Å². The standard InChI is InChI=1S/C4H9NO4S/c1-3(4(6)7)5-2-10(8)9/h3,5H,2H2,1H3,(H,6,7)(H,8,9)/t3-/m0/s1. The minimum atomic E-state index is -1.98. The van der Waals surface area contributed by atoms with Gasteiger partial charge in [0.2, 0.25) is 0 Å². The van der Waals surface area contributed by atoms with E-state index in [9.17, 15) is 9.00 Å². The molecule has 5 nitrogen and oxygen atoms in total. The van der Waals surface area contributed by atoms with Gasteiger partial charge < -0.3 is 9.66 Å². The van der Waals surface area contributed by atoms with E-state index in [0.29, 0.717) is 0 Å². The lowest BCUT2D eigenvalue weighted by atomic mass is 10.4.